The molecule has 1 N–H and O–H groups in total. The molecule has 0 atom stereocenters. The molecule has 5 nitrogen and oxygen atoms in total. The summed E-state index contributed by atoms with van der Waals surface area (Å²) in [6, 6.07) is 11.6. The van der Waals surface area contributed by atoms with Gasteiger partial charge in [-0.05, 0) is 38.1 Å². The average molecular weight is 339 g/mol. The van der Waals surface area contributed by atoms with Crippen LogP contribution in [0.4, 0.5) is 0 Å². The van der Waals surface area contributed by atoms with Gasteiger partial charge in [0.25, 0.3) is 0 Å². The lowest BCUT2D eigenvalue weighted by Gasteiger charge is -2.11. The maximum Gasteiger partial charge on any atom is 0.173 e. The van der Waals surface area contributed by atoms with Crippen molar-refractivity contribution in [3.8, 4) is 34.1 Å². The van der Waals surface area contributed by atoms with Gasteiger partial charge in [-0.2, -0.15) is 0 Å². The first-order chi connectivity index (χ1) is 12.1. The number of benzene rings is 2. The Balaban J connectivity index is 2.23. The molecule has 2 aromatic carbocycles. The highest BCUT2D eigenvalue weighted by Gasteiger charge is 2.24. The molecule has 1 heterocycles. The third-order valence-electron chi connectivity index (χ3n) is 4.09. The van der Waals surface area contributed by atoms with Gasteiger partial charge in [-0.3, -0.25) is 0 Å². The van der Waals surface area contributed by atoms with Gasteiger partial charge in [-0.25, -0.2) is 0 Å². The third-order valence-corrected chi connectivity index (χ3v) is 4.09. The van der Waals surface area contributed by atoms with E-state index in [0.29, 0.717) is 34.1 Å². The molecule has 0 aliphatic carbocycles. The summed E-state index contributed by atoms with van der Waals surface area (Å²) in [6.07, 6.45) is 0. The van der Waals surface area contributed by atoms with Crippen molar-refractivity contribution in [2.45, 2.75) is 20.5 Å². The van der Waals surface area contributed by atoms with Crippen LogP contribution in [-0.4, -0.2) is 24.5 Å². The van der Waals surface area contributed by atoms with Gasteiger partial charge in [0.15, 0.2) is 5.76 Å². The van der Waals surface area contributed by atoms with E-state index in [1.807, 2.05) is 44.2 Å². The smallest absolute Gasteiger partial charge is 0.173 e. The second-order valence-corrected chi connectivity index (χ2v) is 5.91. The Hall–Kier alpha value is -2.79. The topological polar surface area (TPSA) is 64.7 Å². The summed E-state index contributed by atoms with van der Waals surface area (Å²) in [4.78, 5) is 0. The molecular formula is C20H21NO4. The summed E-state index contributed by atoms with van der Waals surface area (Å²) in [5, 5.41) is 14.2. The number of aliphatic hydroxyl groups excluding tert-OH is 1. The van der Waals surface area contributed by atoms with E-state index < -0.39 is 0 Å². The van der Waals surface area contributed by atoms with Crippen LogP contribution in [-0.2, 0) is 6.61 Å². The number of methoxy groups -OCH3 is 2. The monoisotopic (exact) mass is 339 g/mol. The zero-order valence-corrected chi connectivity index (χ0v) is 14.8. The highest BCUT2D eigenvalue weighted by Crippen LogP contribution is 2.42. The van der Waals surface area contributed by atoms with Gasteiger partial charge >= 0.3 is 0 Å². The summed E-state index contributed by atoms with van der Waals surface area (Å²) in [5.41, 5.74) is 4.90. The van der Waals surface area contributed by atoms with Crippen LogP contribution >= 0.6 is 0 Å². The number of rotatable bonds is 5. The third kappa shape index (κ3) is 3.10. The molecule has 0 bridgehead atoms. The summed E-state index contributed by atoms with van der Waals surface area (Å²) in [5.74, 6) is 1.76. The van der Waals surface area contributed by atoms with Crippen LogP contribution in [0.5, 0.6) is 11.5 Å². The van der Waals surface area contributed by atoms with Crippen molar-refractivity contribution < 1.29 is 19.1 Å². The molecule has 130 valence electrons. The molecule has 0 aliphatic heterocycles. The highest BCUT2D eigenvalue weighted by molar-refractivity contribution is 5.80. The molecule has 3 aromatic rings. The highest BCUT2D eigenvalue weighted by atomic mass is 16.5. The zero-order chi connectivity index (χ0) is 18.0. The molecule has 5 heteroatoms. The first-order valence-corrected chi connectivity index (χ1v) is 7.98. The van der Waals surface area contributed by atoms with Crippen LogP contribution < -0.4 is 9.47 Å². The van der Waals surface area contributed by atoms with Crippen molar-refractivity contribution in [1.29, 1.82) is 0 Å². The van der Waals surface area contributed by atoms with Crippen LogP contribution in [0.15, 0.2) is 40.9 Å². The molecule has 0 radical (unpaired) electrons. The Bertz CT molecular complexity index is 856. The van der Waals surface area contributed by atoms with E-state index >= 15 is 0 Å². The Labute approximate surface area is 146 Å². The van der Waals surface area contributed by atoms with Crippen LogP contribution in [0.2, 0.25) is 0 Å². The zero-order valence-electron chi connectivity index (χ0n) is 14.8. The molecular weight excluding hydrogens is 318 g/mol. The minimum Gasteiger partial charge on any atom is -0.496 e. The van der Waals surface area contributed by atoms with Crippen LogP contribution in [0.1, 0.15) is 16.7 Å². The Morgan fingerprint density at radius 3 is 2.12 bits per heavy atom. The lowest BCUT2D eigenvalue weighted by molar-refractivity contribution is 0.281. The van der Waals surface area contributed by atoms with Crippen molar-refractivity contribution in [2.24, 2.45) is 0 Å². The van der Waals surface area contributed by atoms with Crippen molar-refractivity contribution in [3.63, 3.8) is 0 Å². The normalized spacial score (nSPS) is 10.8. The minimum absolute atomic E-state index is 0.206. The number of aryl methyl sites for hydroxylation is 2. The standard InChI is InChI=1S/C20H21NO4/c1-12-8-13(2)10-14(9-12)20-15(11-22)19(21-25-20)18-16(23-3)6-5-7-17(18)24-4/h5-10,22H,11H2,1-4H3. The van der Waals surface area contributed by atoms with E-state index in [0.717, 1.165) is 16.7 Å². The molecule has 0 fully saturated rings. The lowest BCUT2D eigenvalue weighted by Crippen LogP contribution is -1.96. The SMILES string of the molecule is COc1cccc(OC)c1-c1noc(-c2cc(C)cc(C)c2)c1CO. The second kappa shape index (κ2) is 6.99. The van der Waals surface area contributed by atoms with E-state index in [1.165, 1.54) is 0 Å². The quantitative estimate of drug-likeness (QED) is 0.757. The number of ether oxygens (including phenoxy) is 2. The molecule has 0 saturated heterocycles. The molecule has 0 unspecified atom stereocenters. The number of hydrogen-bond donors (Lipinski definition) is 1. The van der Waals surface area contributed by atoms with E-state index in [9.17, 15) is 5.11 Å². The van der Waals surface area contributed by atoms with Gasteiger partial charge in [0, 0.05) is 5.56 Å². The fourth-order valence-electron chi connectivity index (χ4n) is 3.07. The Morgan fingerprint density at radius 2 is 1.60 bits per heavy atom. The molecule has 25 heavy (non-hydrogen) atoms. The average Bonchev–Trinajstić information content (AvgIpc) is 3.03. The molecule has 1 aromatic heterocycles. The maximum atomic E-state index is 9.99. The van der Waals surface area contributed by atoms with E-state index in [1.54, 1.807) is 14.2 Å². The van der Waals surface area contributed by atoms with Crippen molar-refractivity contribution in [2.75, 3.05) is 14.2 Å². The van der Waals surface area contributed by atoms with Gasteiger partial charge in [0.1, 0.15) is 17.2 Å². The van der Waals surface area contributed by atoms with E-state index in [2.05, 4.69) is 11.2 Å². The maximum absolute atomic E-state index is 9.99. The van der Waals surface area contributed by atoms with Gasteiger partial charge in [-0.1, -0.05) is 28.4 Å². The molecule has 0 spiro atoms. The van der Waals surface area contributed by atoms with Crippen molar-refractivity contribution in [1.82, 2.24) is 5.16 Å². The first kappa shape index (κ1) is 17.0. The van der Waals surface area contributed by atoms with Crippen LogP contribution in [0.3, 0.4) is 0 Å². The van der Waals surface area contributed by atoms with E-state index in [-0.39, 0.29) is 6.61 Å². The molecule has 0 amide bonds. The Kier molecular flexibility index (Phi) is 4.76. The van der Waals surface area contributed by atoms with Crippen LogP contribution in [0.25, 0.3) is 22.6 Å². The number of aliphatic hydroxyl groups is 1. The lowest BCUT2D eigenvalue weighted by atomic mass is 9.99. The fraction of sp³-hybridized carbons (Fsp3) is 0.250. The van der Waals surface area contributed by atoms with Gasteiger partial charge in [0.05, 0.1) is 32.0 Å². The number of hydrogen-bond acceptors (Lipinski definition) is 5. The van der Waals surface area contributed by atoms with Gasteiger partial charge in [-0.15, -0.1) is 0 Å². The summed E-state index contributed by atoms with van der Waals surface area (Å²) in [7, 11) is 3.17. The second-order valence-electron chi connectivity index (χ2n) is 5.91. The molecule has 0 saturated carbocycles. The summed E-state index contributed by atoms with van der Waals surface area (Å²) < 4.78 is 16.5. The number of nitrogens with zero attached hydrogens (tertiary/aromatic N) is 1. The van der Waals surface area contributed by atoms with Crippen molar-refractivity contribution >= 4 is 0 Å². The molecule has 0 aliphatic rings. The molecule has 3 rings (SSSR count). The first-order valence-electron chi connectivity index (χ1n) is 7.98. The van der Waals surface area contributed by atoms with Crippen LogP contribution in [0, 0.1) is 13.8 Å². The van der Waals surface area contributed by atoms with Crippen molar-refractivity contribution in [3.05, 3.63) is 53.1 Å². The predicted octanol–water partition coefficient (Wildman–Crippen LogP) is 4.13. The van der Waals surface area contributed by atoms with Gasteiger partial charge < -0.3 is 19.1 Å². The summed E-state index contributed by atoms with van der Waals surface area (Å²) in [6.45, 7) is 3.84. The van der Waals surface area contributed by atoms with Gasteiger partial charge in [0.2, 0.25) is 0 Å². The minimum atomic E-state index is -0.206. The largest absolute Gasteiger partial charge is 0.496 e. The van der Waals surface area contributed by atoms with E-state index in [4.69, 9.17) is 14.0 Å². The Morgan fingerprint density at radius 1 is 1.00 bits per heavy atom. The summed E-state index contributed by atoms with van der Waals surface area (Å²) >= 11 is 0. The number of aromatic nitrogens is 1. The fourth-order valence-corrected chi connectivity index (χ4v) is 3.07. The predicted molar refractivity (Wildman–Crippen MR) is 95.9 cm³/mol.